The van der Waals surface area contributed by atoms with Gasteiger partial charge < -0.3 is 15.7 Å². The molecule has 5 nitrogen and oxygen atoms in total. The summed E-state index contributed by atoms with van der Waals surface area (Å²) >= 11 is 1.48. The third-order valence-corrected chi connectivity index (χ3v) is 4.39. The molecule has 1 aliphatic rings. The number of nitrogens with two attached hydrogens (primary N) is 1. The maximum atomic E-state index is 12.5. The third kappa shape index (κ3) is 3.52. The number of aliphatic hydroxyl groups excluding tert-OH is 1. The molecule has 0 aliphatic carbocycles. The molecule has 2 heterocycles. The number of carbonyl (C=O) groups excluding carboxylic acids is 1. The minimum Gasteiger partial charge on any atom is -0.394 e. The van der Waals surface area contributed by atoms with Gasteiger partial charge in [0.1, 0.15) is 5.69 Å². The second-order valence-corrected chi connectivity index (χ2v) is 5.79. The smallest absolute Gasteiger partial charge is 0.273 e. The van der Waals surface area contributed by atoms with E-state index in [-0.39, 0.29) is 18.6 Å². The van der Waals surface area contributed by atoms with Crippen LogP contribution in [-0.4, -0.2) is 46.6 Å². The predicted molar refractivity (Wildman–Crippen MR) is 75.3 cm³/mol. The highest BCUT2D eigenvalue weighted by Gasteiger charge is 2.27. The van der Waals surface area contributed by atoms with Crippen molar-refractivity contribution in [1.82, 2.24) is 9.88 Å². The standard InChI is InChI=1S/C13H21N3O2S/c14-6-5-12-15-11(9-19-12)13(18)16-7-3-1-2-4-10(16)8-17/h9-10,17H,1-8,14H2. The molecule has 106 valence electrons. The number of thiazole rings is 1. The summed E-state index contributed by atoms with van der Waals surface area (Å²) in [6.45, 7) is 1.30. The van der Waals surface area contributed by atoms with Crippen molar-refractivity contribution >= 4 is 17.2 Å². The summed E-state index contributed by atoms with van der Waals surface area (Å²) in [6, 6.07) is -0.0605. The van der Waals surface area contributed by atoms with Crippen LogP contribution in [0.5, 0.6) is 0 Å². The Morgan fingerprint density at radius 3 is 3.11 bits per heavy atom. The molecule has 0 radical (unpaired) electrons. The van der Waals surface area contributed by atoms with Gasteiger partial charge in [-0.05, 0) is 19.4 Å². The van der Waals surface area contributed by atoms with Crippen molar-refractivity contribution in [2.45, 2.75) is 38.1 Å². The van der Waals surface area contributed by atoms with Crippen LogP contribution in [0.4, 0.5) is 0 Å². The highest BCUT2D eigenvalue weighted by atomic mass is 32.1. The number of carbonyl (C=O) groups is 1. The fourth-order valence-corrected chi connectivity index (χ4v) is 3.22. The van der Waals surface area contributed by atoms with E-state index in [1.807, 2.05) is 0 Å². The van der Waals surface area contributed by atoms with Crippen molar-refractivity contribution in [3.05, 3.63) is 16.1 Å². The van der Waals surface area contributed by atoms with Crippen LogP contribution in [0, 0.1) is 0 Å². The van der Waals surface area contributed by atoms with Crippen LogP contribution in [0.25, 0.3) is 0 Å². The quantitative estimate of drug-likeness (QED) is 0.864. The van der Waals surface area contributed by atoms with Gasteiger partial charge in [0, 0.05) is 18.3 Å². The number of aliphatic hydroxyl groups is 1. The van der Waals surface area contributed by atoms with E-state index in [0.717, 1.165) is 30.7 Å². The maximum Gasteiger partial charge on any atom is 0.273 e. The van der Waals surface area contributed by atoms with Crippen molar-refractivity contribution in [2.75, 3.05) is 19.7 Å². The van der Waals surface area contributed by atoms with Gasteiger partial charge in [0.25, 0.3) is 5.91 Å². The molecular formula is C13H21N3O2S. The van der Waals surface area contributed by atoms with Crippen molar-refractivity contribution < 1.29 is 9.90 Å². The fraction of sp³-hybridized carbons (Fsp3) is 0.692. The highest BCUT2D eigenvalue weighted by molar-refractivity contribution is 7.09. The van der Waals surface area contributed by atoms with E-state index in [4.69, 9.17) is 5.73 Å². The monoisotopic (exact) mass is 283 g/mol. The molecule has 0 aromatic carbocycles. The van der Waals surface area contributed by atoms with Gasteiger partial charge in [-0.1, -0.05) is 12.8 Å². The summed E-state index contributed by atoms with van der Waals surface area (Å²) in [7, 11) is 0. The third-order valence-electron chi connectivity index (χ3n) is 3.48. The van der Waals surface area contributed by atoms with E-state index in [9.17, 15) is 9.90 Å². The van der Waals surface area contributed by atoms with Crippen LogP contribution in [0.15, 0.2) is 5.38 Å². The molecule has 2 rings (SSSR count). The van der Waals surface area contributed by atoms with Gasteiger partial charge in [-0.2, -0.15) is 0 Å². The van der Waals surface area contributed by atoms with Gasteiger partial charge in [-0.25, -0.2) is 4.98 Å². The van der Waals surface area contributed by atoms with E-state index >= 15 is 0 Å². The van der Waals surface area contributed by atoms with Crippen LogP contribution in [-0.2, 0) is 6.42 Å². The Morgan fingerprint density at radius 1 is 1.53 bits per heavy atom. The zero-order valence-corrected chi connectivity index (χ0v) is 11.9. The van der Waals surface area contributed by atoms with Crippen molar-refractivity contribution in [3.63, 3.8) is 0 Å². The molecule has 19 heavy (non-hydrogen) atoms. The lowest BCUT2D eigenvalue weighted by molar-refractivity contribution is 0.0594. The lowest BCUT2D eigenvalue weighted by Gasteiger charge is -2.27. The van der Waals surface area contributed by atoms with Gasteiger partial charge in [0.2, 0.25) is 0 Å². The van der Waals surface area contributed by atoms with Crippen LogP contribution in [0.3, 0.4) is 0 Å². The Labute approximate surface area is 117 Å². The Hall–Kier alpha value is -0.980. The van der Waals surface area contributed by atoms with E-state index in [2.05, 4.69) is 4.98 Å². The zero-order chi connectivity index (χ0) is 13.7. The number of rotatable bonds is 4. The van der Waals surface area contributed by atoms with Gasteiger partial charge in [-0.15, -0.1) is 11.3 Å². The molecule has 1 amide bonds. The van der Waals surface area contributed by atoms with E-state index in [0.29, 0.717) is 25.2 Å². The molecular weight excluding hydrogens is 262 g/mol. The number of likely N-dealkylation sites (tertiary alicyclic amines) is 1. The van der Waals surface area contributed by atoms with Gasteiger partial charge in [-0.3, -0.25) is 4.79 Å². The lowest BCUT2D eigenvalue weighted by Crippen LogP contribution is -2.42. The second-order valence-electron chi connectivity index (χ2n) is 4.85. The van der Waals surface area contributed by atoms with Crippen molar-refractivity contribution in [2.24, 2.45) is 5.73 Å². The zero-order valence-electron chi connectivity index (χ0n) is 11.0. The number of amides is 1. The fourth-order valence-electron chi connectivity index (χ4n) is 2.43. The van der Waals surface area contributed by atoms with Crippen molar-refractivity contribution in [3.8, 4) is 0 Å². The number of hydrogen-bond acceptors (Lipinski definition) is 5. The van der Waals surface area contributed by atoms with Gasteiger partial charge >= 0.3 is 0 Å². The normalized spacial score (nSPS) is 20.3. The number of nitrogens with zero attached hydrogens (tertiary/aromatic N) is 2. The average Bonchev–Trinajstić information content (AvgIpc) is 2.75. The first kappa shape index (κ1) is 14.4. The molecule has 1 aromatic rings. The minimum atomic E-state index is -0.0605. The number of hydrogen-bond donors (Lipinski definition) is 2. The van der Waals surface area contributed by atoms with Crippen LogP contribution < -0.4 is 5.73 Å². The summed E-state index contributed by atoms with van der Waals surface area (Å²) < 4.78 is 0. The topological polar surface area (TPSA) is 79.5 Å². The second kappa shape index (κ2) is 6.98. The van der Waals surface area contributed by atoms with E-state index in [1.165, 1.54) is 11.3 Å². The average molecular weight is 283 g/mol. The highest BCUT2D eigenvalue weighted by Crippen LogP contribution is 2.20. The molecule has 1 fully saturated rings. The molecule has 6 heteroatoms. The van der Waals surface area contributed by atoms with E-state index in [1.54, 1.807) is 10.3 Å². The summed E-state index contributed by atoms with van der Waals surface area (Å²) in [5.41, 5.74) is 5.99. The summed E-state index contributed by atoms with van der Waals surface area (Å²) in [6.07, 6.45) is 4.78. The Bertz CT molecular complexity index is 422. The largest absolute Gasteiger partial charge is 0.394 e. The summed E-state index contributed by atoms with van der Waals surface area (Å²) in [4.78, 5) is 18.6. The SMILES string of the molecule is NCCc1nc(C(=O)N2CCCCCC2CO)cs1. The lowest BCUT2D eigenvalue weighted by atomic mass is 10.1. The Kier molecular flexibility index (Phi) is 5.30. The van der Waals surface area contributed by atoms with Gasteiger partial charge in [0.15, 0.2) is 0 Å². The van der Waals surface area contributed by atoms with Gasteiger partial charge in [0.05, 0.1) is 17.7 Å². The van der Waals surface area contributed by atoms with E-state index < -0.39 is 0 Å². The molecule has 0 spiro atoms. The molecule has 3 N–H and O–H groups in total. The van der Waals surface area contributed by atoms with Crippen LogP contribution in [0.1, 0.15) is 41.2 Å². The number of aromatic nitrogens is 1. The summed E-state index contributed by atoms with van der Waals surface area (Å²) in [5, 5.41) is 12.1. The Morgan fingerprint density at radius 2 is 2.37 bits per heavy atom. The molecule has 1 saturated heterocycles. The first-order chi connectivity index (χ1) is 9.26. The van der Waals surface area contributed by atoms with Crippen LogP contribution in [0.2, 0.25) is 0 Å². The maximum absolute atomic E-state index is 12.5. The molecule has 0 saturated carbocycles. The molecule has 1 unspecified atom stereocenters. The molecule has 1 aliphatic heterocycles. The molecule has 0 bridgehead atoms. The molecule has 1 aromatic heterocycles. The predicted octanol–water partition coefficient (Wildman–Crippen LogP) is 1.02. The molecule has 1 atom stereocenters. The van der Waals surface area contributed by atoms with Crippen LogP contribution >= 0.6 is 11.3 Å². The Balaban J connectivity index is 2.10. The summed E-state index contributed by atoms with van der Waals surface area (Å²) in [5.74, 6) is -0.0551. The minimum absolute atomic E-state index is 0.0333. The first-order valence-corrected chi connectivity index (χ1v) is 7.70. The van der Waals surface area contributed by atoms with Crippen molar-refractivity contribution in [1.29, 1.82) is 0 Å². The first-order valence-electron chi connectivity index (χ1n) is 6.82.